The molecule has 46 heavy (non-hydrogen) atoms. The Morgan fingerprint density at radius 1 is 0.870 bits per heavy atom. The zero-order valence-corrected chi connectivity index (χ0v) is 26.3. The van der Waals surface area contributed by atoms with Gasteiger partial charge in [-0.25, -0.2) is 0 Å². The molecule has 6 rings (SSSR count). The fourth-order valence-electron chi connectivity index (χ4n) is 7.89. The van der Waals surface area contributed by atoms with Gasteiger partial charge in [0.25, 0.3) is 5.91 Å². The Bertz CT molecular complexity index is 1610. The van der Waals surface area contributed by atoms with E-state index in [0.29, 0.717) is 38.8 Å². The average molecular weight is 622 g/mol. The number of fused-ring (bicyclic) bond motifs is 2. The van der Waals surface area contributed by atoms with Crippen LogP contribution in [-0.2, 0) is 19.1 Å². The van der Waals surface area contributed by atoms with E-state index in [2.05, 4.69) is 13.2 Å². The number of anilines is 2. The summed E-state index contributed by atoms with van der Waals surface area (Å²) in [5.74, 6) is -2.05. The molecule has 3 fully saturated rings. The number of carbonyl (C=O) groups excluding carboxylic acids is 3. The molecule has 3 saturated heterocycles. The SMILES string of the molecule is C=CCN(C(=O)C1N(CCCCCCO)C(=O)[C@@H]2[C@@H](C(=O)N(CC=C)c3ccccc3)[C@H]3CCC12O3)c1ccc2ccccc2c1. The number of carbonyl (C=O) groups is 3. The number of hydrogen-bond donors (Lipinski definition) is 1. The summed E-state index contributed by atoms with van der Waals surface area (Å²) in [7, 11) is 0. The van der Waals surface area contributed by atoms with Crippen LogP contribution < -0.4 is 9.80 Å². The molecule has 3 aromatic carbocycles. The Kier molecular flexibility index (Phi) is 9.38. The van der Waals surface area contributed by atoms with Crippen molar-refractivity contribution in [3.8, 4) is 0 Å². The van der Waals surface area contributed by atoms with E-state index < -0.39 is 29.6 Å². The number of ether oxygens (including phenoxy) is 1. The lowest BCUT2D eigenvalue weighted by Crippen LogP contribution is -2.56. The summed E-state index contributed by atoms with van der Waals surface area (Å²) in [5.41, 5.74) is 0.355. The molecular formula is C38H43N3O5. The molecular weight excluding hydrogens is 578 g/mol. The molecule has 8 nitrogen and oxygen atoms in total. The number of amides is 3. The van der Waals surface area contributed by atoms with Gasteiger partial charge in [0, 0.05) is 37.6 Å². The summed E-state index contributed by atoms with van der Waals surface area (Å²) in [4.78, 5) is 48.9. The van der Waals surface area contributed by atoms with Gasteiger partial charge in [0.1, 0.15) is 11.6 Å². The van der Waals surface area contributed by atoms with Crippen molar-refractivity contribution in [3.05, 3.63) is 98.1 Å². The molecule has 3 amide bonds. The molecule has 3 heterocycles. The van der Waals surface area contributed by atoms with Gasteiger partial charge in [-0.15, -0.1) is 13.2 Å². The van der Waals surface area contributed by atoms with Crippen LogP contribution in [-0.4, -0.2) is 71.7 Å². The molecule has 5 atom stereocenters. The van der Waals surface area contributed by atoms with E-state index >= 15 is 0 Å². The molecule has 3 aliphatic rings. The fraction of sp³-hybridized carbons (Fsp3) is 0.395. The summed E-state index contributed by atoms with van der Waals surface area (Å²) < 4.78 is 6.75. The zero-order chi connectivity index (χ0) is 32.3. The molecule has 8 heteroatoms. The van der Waals surface area contributed by atoms with E-state index in [9.17, 15) is 19.5 Å². The van der Waals surface area contributed by atoms with Crippen molar-refractivity contribution in [1.82, 2.24) is 4.90 Å². The van der Waals surface area contributed by atoms with Gasteiger partial charge in [0.2, 0.25) is 11.8 Å². The minimum atomic E-state index is -1.10. The lowest BCUT2D eigenvalue weighted by atomic mass is 9.70. The highest BCUT2D eigenvalue weighted by Gasteiger charge is 2.74. The third-order valence-corrected chi connectivity index (χ3v) is 9.89. The van der Waals surface area contributed by atoms with Gasteiger partial charge < -0.3 is 24.5 Å². The third-order valence-electron chi connectivity index (χ3n) is 9.89. The minimum Gasteiger partial charge on any atom is -0.396 e. The number of aliphatic hydroxyl groups is 1. The molecule has 0 radical (unpaired) electrons. The smallest absolute Gasteiger partial charge is 0.253 e. The highest BCUT2D eigenvalue weighted by atomic mass is 16.5. The van der Waals surface area contributed by atoms with E-state index in [1.165, 1.54) is 0 Å². The second kappa shape index (κ2) is 13.6. The molecule has 2 bridgehead atoms. The van der Waals surface area contributed by atoms with Gasteiger partial charge >= 0.3 is 0 Å². The van der Waals surface area contributed by atoms with E-state index in [0.717, 1.165) is 35.0 Å². The Hall–Kier alpha value is -4.27. The maximum absolute atomic E-state index is 14.9. The number of para-hydroxylation sites is 1. The Balaban J connectivity index is 1.38. The average Bonchev–Trinajstić information content (AvgIpc) is 3.73. The number of benzene rings is 3. The lowest BCUT2D eigenvalue weighted by Gasteiger charge is -2.37. The molecule has 3 aromatic rings. The van der Waals surface area contributed by atoms with Gasteiger partial charge in [-0.1, -0.05) is 73.5 Å². The van der Waals surface area contributed by atoms with Gasteiger partial charge in [-0.3, -0.25) is 14.4 Å². The van der Waals surface area contributed by atoms with Crippen molar-refractivity contribution in [3.63, 3.8) is 0 Å². The fourth-order valence-corrected chi connectivity index (χ4v) is 7.89. The Labute approximate surface area is 270 Å². The predicted molar refractivity (Wildman–Crippen MR) is 180 cm³/mol. The van der Waals surface area contributed by atoms with Crippen LogP contribution in [0.2, 0.25) is 0 Å². The second-order valence-corrected chi connectivity index (χ2v) is 12.6. The van der Waals surface area contributed by atoms with Crippen LogP contribution in [0.5, 0.6) is 0 Å². The summed E-state index contributed by atoms with van der Waals surface area (Å²) >= 11 is 0. The van der Waals surface area contributed by atoms with Gasteiger partial charge in [0.05, 0.1) is 17.9 Å². The maximum atomic E-state index is 14.9. The molecule has 1 spiro atoms. The number of likely N-dealkylation sites (tertiary alicyclic amines) is 1. The van der Waals surface area contributed by atoms with Gasteiger partial charge in [-0.2, -0.15) is 0 Å². The zero-order valence-electron chi connectivity index (χ0n) is 26.3. The topological polar surface area (TPSA) is 90.4 Å². The molecule has 240 valence electrons. The highest BCUT2D eigenvalue weighted by molar-refractivity contribution is 6.07. The van der Waals surface area contributed by atoms with Crippen molar-refractivity contribution in [2.24, 2.45) is 11.8 Å². The molecule has 0 aromatic heterocycles. The number of rotatable bonds is 14. The van der Waals surface area contributed by atoms with Crippen LogP contribution in [0.1, 0.15) is 38.5 Å². The normalized spacial score (nSPS) is 24.6. The largest absolute Gasteiger partial charge is 0.396 e. The molecule has 2 unspecified atom stereocenters. The summed E-state index contributed by atoms with van der Waals surface area (Å²) in [5, 5.41) is 11.3. The maximum Gasteiger partial charge on any atom is 0.253 e. The van der Waals surface area contributed by atoms with Crippen LogP contribution >= 0.6 is 0 Å². The van der Waals surface area contributed by atoms with E-state index in [-0.39, 0.29) is 30.9 Å². The first kappa shape index (κ1) is 31.7. The molecule has 3 aliphatic heterocycles. The van der Waals surface area contributed by atoms with Crippen LogP contribution in [0.4, 0.5) is 11.4 Å². The Morgan fingerprint density at radius 3 is 2.26 bits per heavy atom. The Morgan fingerprint density at radius 2 is 1.54 bits per heavy atom. The van der Waals surface area contributed by atoms with Crippen molar-refractivity contribution < 1.29 is 24.2 Å². The second-order valence-electron chi connectivity index (χ2n) is 12.6. The van der Waals surface area contributed by atoms with E-state index in [1.807, 2.05) is 72.8 Å². The minimum absolute atomic E-state index is 0.124. The van der Waals surface area contributed by atoms with Crippen LogP contribution in [0.15, 0.2) is 98.1 Å². The first-order valence-corrected chi connectivity index (χ1v) is 16.4. The van der Waals surface area contributed by atoms with Crippen molar-refractivity contribution in [1.29, 1.82) is 0 Å². The van der Waals surface area contributed by atoms with Gasteiger partial charge in [0.15, 0.2) is 0 Å². The van der Waals surface area contributed by atoms with E-state index in [1.54, 1.807) is 26.9 Å². The van der Waals surface area contributed by atoms with Crippen LogP contribution in [0, 0.1) is 11.8 Å². The first-order valence-electron chi connectivity index (χ1n) is 16.4. The number of nitrogens with zero attached hydrogens (tertiary/aromatic N) is 3. The van der Waals surface area contributed by atoms with Crippen LogP contribution in [0.25, 0.3) is 10.8 Å². The van der Waals surface area contributed by atoms with Crippen molar-refractivity contribution in [2.75, 3.05) is 36.0 Å². The van der Waals surface area contributed by atoms with Crippen molar-refractivity contribution in [2.45, 2.75) is 56.3 Å². The quantitative estimate of drug-likeness (QED) is 0.190. The van der Waals surface area contributed by atoms with Crippen LogP contribution in [0.3, 0.4) is 0 Å². The monoisotopic (exact) mass is 621 g/mol. The molecule has 0 saturated carbocycles. The summed E-state index contributed by atoms with van der Waals surface area (Å²) in [6, 6.07) is 22.5. The van der Waals surface area contributed by atoms with E-state index in [4.69, 9.17) is 4.74 Å². The molecule has 1 N–H and O–H groups in total. The summed E-state index contributed by atoms with van der Waals surface area (Å²) in [6.45, 7) is 8.88. The predicted octanol–water partition coefficient (Wildman–Crippen LogP) is 5.51. The number of hydrogen-bond acceptors (Lipinski definition) is 5. The number of unbranched alkanes of at least 4 members (excludes halogenated alkanes) is 3. The highest BCUT2D eigenvalue weighted by Crippen LogP contribution is 2.59. The number of aliphatic hydroxyl groups excluding tert-OH is 1. The van der Waals surface area contributed by atoms with Crippen molar-refractivity contribution >= 4 is 39.9 Å². The standard InChI is InChI=1S/C38H43N3O5/c1-3-22-39(29-16-8-7-9-17-29)35(43)32-31-20-21-38(46-31)33(32)36(44)41(24-12-5-6-13-25-42)34(38)37(45)40(23-4-2)30-19-18-27-14-10-11-15-28(27)26-30/h3-4,7-11,14-19,26,31-34,42H,1-2,5-6,12-13,20-25H2/t31-,32+,33+,34?,38?/m1/s1. The summed E-state index contributed by atoms with van der Waals surface area (Å²) in [6.07, 6.45) is 7.09. The molecule has 0 aliphatic carbocycles. The lowest BCUT2D eigenvalue weighted by molar-refractivity contribution is -0.140. The van der Waals surface area contributed by atoms with Gasteiger partial charge in [-0.05, 0) is 60.7 Å². The first-order chi connectivity index (χ1) is 22.4. The third kappa shape index (κ3) is 5.54.